The average molecular weight is 251 g/mol. The number of carbonyl (C=O) groups is 1. The van der Waals surface area contributed by atoms with Gasteiger partial charge in [0.2, 0.25) is 0 Å². The van der Waals surface area contributed by atoms with Gasteiger partial charge in [-0.1, -0.05) is 12.1 Å². The minimum atomic E-state index is -0.183. The van der Waals surface area contributed by atoms with Crippen LogP contribution in [-0.4, -0.2) is 38.4 Å². The Morgan fingerprint density at radius 2 is 2.22 bits per heavy atom. The number of hydrazine groups is 1. The SMILES string of the molecule is NNc1ccccc1C(=O)NCC1COCCO1. The molecule has 1 aliphatic heterocycles. The van der Waals surface area contributed by atoms with E-state index in [0.717, 1.165) is 0 Å². The first-order chi connectivity index (χ1) is 8.81. The van der Waals surface area contributed by atoms with Gasteiger partial charge in [0.05, 0.1) is 37.2 Å². The molecule has 1 atom stereocenters. The van der Waals surface area contributed by atoms with Gasteiger partial charge in [0, 0.05) is 6.54 Å². The molecule has 6 heteroatoms. The van der Waals surface area contributed by atoms with Gasteiger partial charge in [0.15, 0.2) is 0 Å². The van der Waals surface area contributed by atoms with Gasteiger partial charge in [-0.3, -0.25) is 10.6 Å². The van der Waals surface area contributed by atoms with Crippen molar-refractivity contribution in [1.82, 2.24) is 5.32 Å². The van der Waals surface area contributed by atoms with Crippen LogP contribution in [0.5, 0.6) is 0 Å². The topological polar surface area (TPSA) is 85.6 Å². The Labute approximate surface area is 105 Å². The fourth-order valence-electron chi connectivity index (χ4n) is 1.76. The van der Waals surface area contributed by atoms with E-state index in [9.17, 15) is 4.79 Å². The minimum absolute atomic E-state index is 0.0827. The molecule has 0 saturated carbocycles. The quantitative estimate of drug-likeness (QED) is 0.522. The van der Waals surface area contributed by atoms with Crippen LogP contribution in [0.3, 0.4) is 0 Å². The molecule has 1 aromatic carbocycles. The molecule has 0 bridgehead atoms. The number of hydrogen-bond donors (Lipinski definition) is 3. The number of anilines is 1. The molecule has 1 saturated heterocycles. The van der Waals surface area contributed by atoms with E-state index in [0.29, 0.717) is 37.6 Å². The van der Waals surface area contributed by atoms with Gasteiger partial charge in [-0.25, -0.2) is 0 Å². The van der Waals surface area contributed by atoms with Crippen LogP contribution in [0.1, 0.15) is 10.4 Å². The lowest BCUT2D eigenvalue weighted by Crippen LogP contribution is -2.39. The van der Waals surface area contributed by atoms with Crippen LogP contribution in [-0.2, 0) is 9.47 Å². The van der Waals surface area contributed by atoms with Crippen LogP contribution in [0, 0.1) is 0 Å². The predicted molar refractivity (Wildman–Crippen MR) is 67.1 cm³/mol. The zero-order chi connectivity index (χ0) is 12.8. The molecule has 1 heterocycles. The lowest BCUT2D eigenvalue weighted by Gasteiger charge is -2.23. The first kappa shape index (κ1) is 12.8. The highest BCUT2D eigenvalue weighted by Gasteiger charge is 2.16. The van der Waals surface area contributed by atoms with Crippen molar-refractivity contribution in [2.45, 2.75) is 6.10 Å². The van der Waals surface area contributed by atoms with Crippen LogP contribution in [0.4, 0.5) is 5.69 Å². The number of carbonyl (C=O) groups excluding carboxylic acids is 1. The third kappa shape index (κ3) is 3.19. The van der Waals surface area contributed by atoms with Gasteiger partial charge >= 0.3 is 0 Å². The van der Waals surface area contributed by atoms with Crippen LogP contribution in [0.15, 0.2) is 24.3 Å². The number of nitrogen functional groups attached to an aromatic ring is 1. The molecule has 0 spiro atoms. The maximum absolute atomic E-state index is 12.0. The summed E-state index contributed by atoms with van der Waals surface area (Å²) in [5.41, 5.74) is 3.60. The van der Waals surface area contributed by atoms with Crippen LogP contribution in [0.2, 0.25) is 0 Å². The van der Waals surface area contributed by atoms with E-state index in [1.165, 1.54) is 0 Å². The second kappa shape index (κ2) is 6.34. The van der Waals surface area contributed by atoms with E-state index in [1.807, 2.05) is 6.07 Å². The number of ether oxygens (including phenoxy) is 2. The molecule has 0 aliphatic carbocycles. The molecule has 1 unspecified atom stereocenters. The van der Waals surface area contributed by atoms with Crippen LogP contribution < -0.4 is 16.6 Å². The van der Waals surface area contributed by atoms with Crippen molar-refractivity contribution in [3.8, 4) is 0 Å². The van der Waals surface area contributed by atoms with Gasteiger partial charge < -0.3 is 20.2 Å². The van der Waals surface area contributed by atoms with Crippen molar-refractivity contribution >= 4 is 11.6 Å². The molecule has 6 nitrogen and oxygen atoms in total. The third-order valence-electron chi connectivity index (χ3n) is 2.70. The Hall–Kier alpha value is -1.63. The van der Waals surface area contributed by atoms with E-state index in [2.05, 4.69) is 10.7 Å². The largest absolute Gasteiger partial charge is 0.376 e. The number of benzene rings is 1. The summed E-state index contributed by atoms with van der Waals surface area (Å²) >= 11 is 0. The highest BCUT2D eigenvalue weighted by atomic mass is 16.6. The summed E-state index contributed by atoms with van der Waals surface area (Å²) < 4.78 is 10.7. The Bertz CT molecular complexity index is 405. The molecule has 2 rings (SSSR count). The first-order valence-corrected chi connectivity index (χ1v) is 5.84. The third-order valence-corrected chi connectivity index (χ3v) is 2.70. The molecular formula is C12H17N3O3. The Morgan fingerprint density at radius 1 is 1.39 bits per heavy atom. The zero-order valence-electron chi connectivity index (χ0n) is 10.0. The van der Waals surface area contributed by atoms with Crippen molar-refractivity contribution in [2.75, 3.05) is 31.8 Å². The van der Waals surface area contributed by atoms with Crippen molar-refractivity contribution in [1.29, 1.82) is 0 Å². The van der Waals surface area contributed by atoms with Gasteiger partial charge in [0.25, 0.3) is 5.91 Å². The fraction of sp³-hybridized carbons (Fsp3) is 0.417. The zero-order valence-corrected chi connectivity index (χ0v) is 10.0. The molecule has 98 valence electrons. The Kier molecular flexibility index (Phi) is 4.52. The Balaban J connectivity index is 1.90. The van der Waals surface area contributed by atoms with Gasteiger partial charge in [-0.05, 0) is 12.1 Å². The maximum Gasteiger partial charge on any atom is 0.253 e. The van der Waals surface area contributed by atoms with E-state index in [1.54, 1.807) is 18.2 Å². The summed E-state index contributed by atoms with van der Waals surface area (Å²) in [6.07, 6.45) is -0.0827. The molecule has 18 heavy (non-hydrogen) atoms. The molecule has 4 N–H and O–H groups in total. The summed E-state index contributed by atoms with van der Waals surface area (Å²) in [4.78, 5) is 12.0. The fourth-order valence-corrected chi connectivity index (χ4v) is 1.76. The number of hydrogen-bond acceptors (Lipinski definition) is 5. The van der Waals surface area contributed by atoms with Crippen molar-refractivity contribution in [3.63, 3.8) is 0 Å². The summed E-state index contributed by atoms with van der Waals surface area (Å²) in [7, 11) is 0. The molecular weight excluding hydrogens is 234 g/mol. The highest BCUT2D eigenvalue weighted by molar-refractivity contribution is 5.99. The standard InChI is InChI=1S/C12H17N3O3/c13-15-11-4-2-1-3-10(11)12(16)14-7-9-8-17-5-6-18-9/h1-4,9,15H,5-8,13H2,(H,14,16). The molecule has 0 radical (unpaired) electrons. The normalized spacial score (nSPS) is 19.3. The van der Waals surface area contributed by atoms with Gasteiger partial charge in [0.1, 0.15) is 0 Å². The van der Waals surface area contributed by atoms with E-state index in [-0.39, 0.29) is 12.0 Å². The summed E-state index contributed by atoms with van der Waals surface area (Å²) in [5.74, 6) is 5.17. The lowest BCUT2D eigenvalue weighted by molar-refractivity contribution is -0.0855. The second-order valence-electron chi connectivity index (χ2n) is 3.97. The van der Waals surface area contributed by atoms with E-state index in [4.69, 9.17) is 15.3 Å². The van der Waals surface area contributed by atoms with Crippen molar-refractivity contribution < 1.29 is 14.3 Å². The lowest BCUT2D eigenvalue weighted by atomic mass is 10.1. The molecule has 1 amide bonds. The van der Waals surface area contributed by atoms with Crippen molar-refractivity contribution in [3.05, 3.63) is 29.8 Å². The molecule has 1 aliphatic rings. The number of rotatable bonds is 4. The molecule has 1 fully saturated rings. The number of para-hydroxylation sites is 1. The second-order valence-corrected chi connectivity index (χ2v) is 3.97. The Morgan fingerprint density at radius 3 is 2.94 bits per heavy atom. The van der Waals surface area contributed by atoms with Gasteiger partial charge in [-0.2, -0.15) is 0 Å². The predicted octanol–water partition coefficient (Wildman–Crippen LogP) is 0.117. The van der Waals surface area contributed by atoms with Gasteiger partial charge in [-0.15, -0.1) is 0 Å². The van der Waals surface area contributed by atoms with Crippen LogP contribution >= 0.6 is 0 Å². The average Bonchev–Trinajstić information content (AvgIpc) is 2.45. The molecule has 0 aromatic heterocycles. The summed E-state index contributed by atoms with van der Waals surface area (Å²) in [6, 6.07) is 7.05. The first-order valence-electron chi connectivity index (χ1n) is 5.84. The number of nitrogens with two attached hydrogens (primary N) is 1. The summed E-state index contributed by atoms with van der Waals surface area (Å²) in [5, 5.41) is 2.80. The minimum Gasteiger partial charge on any atom is -0.376 e. The van der Waals surface area contributed by atoms with Crippen LogP contribution in [0.25, 0.3) is 0 Å². The maximum atomic E-state index is 12.0. The molecule has 1 aromatic rings. The van der Waals surface area contributed by atoms with E-state index < -0.39 is 0 Å². The smallest absolute Gasteiger partial charge is 0.253 e. The van der Waals surface area contributed by atoms with E-state index >= 15 is 0 Å². The highest BCUT2D eigenvalue weighted by Crippen LogP contribution is 2.13. The van der Waals surface area contributed by atoms with Crippen molar-refractivity contribution in [2.24, 2.45) is 5.84 Å². The number of nitrogens with one attached hydrogen (secondary N) is 2. The monoisotopic (exact) mass is 251 g/mol. The number of amides is 1. The summed E-state index contributed by atoms with van der Waals surface area (Å²) in [6.45, 7) is 2.13.